The van der Waals surface area contributed by atoms with Gasteiger partial charge in [0.25, 0.3) is 0 Å². The van der Waals surface area contributed by atoms with E-state index in [2.05, 4.69) is 36.5 Å². The number of aliphatic carboxylic acids is 1. The van der Waals surface area contributed by atoms with Crippen molar-refractivity contribution in [2.75, 3.05) is 0 Å². The van der Waals surface area contributed by atoms with Crippen molar-refractivity contribution in [2.24, 2.45) is 0 Å². The van der Waals surface area contributed by atoms with Gasteiger partial charge in [-0.05, 0) is 37.3 Å². The number of nitrogens with one attached hydrogen (secondary N) is 1. The molecule has 1 amide bonds. The summed E-state index contributed by atoms with van der Waals surface area (Å²) in [6.45, 7) is 3.94. The molecule has 2 N–H and O–H groups in total. The zero-order valence-electron chi connectivity index (χ0n) is 12.2. The number of carboxylic acids is 1. The Kier molecular flexibility index (Phi) is 6.77. The lowest BCUT2D eigenvalue weighted by molar-refractivity contribution is -0.137. The molecule has 0 fully saturated rings. The highest BCUT2D eigenvalue weighted by atomic mass is 16.4. The Balaban J connectivity index is 2.29. The summed E-state index contributed by atoms with van der Waals surface area (Å²) in [5.74, 6) is -0.857. The highest BCUT2D eigenvalue weighted by molar-refractivity contribution is 5.76. The molecule has 4 heteroatoms. The molecule has 0 saturated heterocycles. The van der Waals surface area contributed by atoms with Gasteiger partial charge in [0.2, 0.25) is 5.91 Å². The van der Waals surface area contributed by atoms with Crippen molar-refractivity contribution in [2.45, 2.75) is 52.0 Å². The second-order valence-electron chi connectivity index (χ2n) is 5.07. The number of carbonyl (C=O) groups is 2. The molecular weight excluding hydrogens is 254 g/mol. The average Bonchev–Trinajstić information content (AvgIpc) is 2.43. The lowest BCUT2D eigenvalue weighted by Crippen LogP contribution is -2.33. The average molecular weight is 277 g/mol. The standard InChI is InChI=1S/C16H23NO3/c1-3-13-5-7-14(8-6-13)9-10-15(18)17-12(2)4-11-16(19)20/h5-8,12H,3-4,9-11H2,1-2H3,(H,17,18)(H,19,20). The van der Waals surface area contributed by atoms with Gasteiger partial charge in [-0.25, -0.2) is 0 Å². The third-order valence-electron chi connectivity index (χ3n) is 3.27. The van der Waals surface area contributed by atoms with Crippen molar-refractivity contribution in [3.05, 3.63) is 35.4 Å². The molecule has 110 valence electrons. The lowest BCUT2D eigenvalue weighted by atomic mass is 10.1. The van der Waals surface area contributed by atoms with E-state index < -0.39 is 5.97 Å². The van der Waals surface area contributed by atoms with Gasteiger partial charge in [-0.15, -0.1) is 0 Å². The fourth-order valence-electron chi connectivity index (χ4n) is 1.96. The molecule has 20 heavy (non-hydrogen) atoms. The monoisotopic (exact) mass is 277 g/mol. The lowest BCUT2D eigenvalue weighted by Gasteiger charge is -2.12. The summed E-state index contributed by atoms with van der Waals surface area (Å²) >= 11 is 0. The van der Waals surface area contributed by atoms with Gasteiger partial charge in [-0.3, -0.25) is 9.59 Å². The molecule has 1 atom stereocenters. The normalized spacial score (nSPS) is 11.9. The van der Waals surface area contributed by atoms with Crippen LogP contribution in [0.5, 0.6) is 0 Å². The van der Waals surface area contributed by atoms with Gasteiger partial charge in [-0.1, -0.05) is 31.2 Å². The van der Waals surface area contributed by atoms with Gasteiger partial charge in [0.15, 0.2) is 0 Å². The third kappa shape index (κ3) is 6.36. The summed E-state index contributed by atoms with van der Waals surface area (Å²) in [7, 11) is 0. The molecule has 0 aliphatic carbocycles. The smallest absolute Gasteiger partial charge is 0.303 e. The van der Waals surface area contributed by atoms with Gasteiger partial charge in [0.1, 0.15) is 0 Å². The van der Waals surface area contributed by atoms with Crippen LogP contribution in [0.4, 0.5) is 0 Å². The van der Waals surface area contributed by atoms with E-state index in [0.717, 1.165) is 12.0 Å². The maximum Gasteiger partial charge on any atom is 0.303 e. The second kappa shape index (κ2) is 8.35. The first-order valence-corrected chi connectivity index (χ1v) is 7.10. The number of rotatable bonds is 8. The Labute approximate surface area is 120 Å². The first kappa shape index (κ1) is 16.2. The first-order valence-electron chi connectivity index (χ1n) is 7.10. The molecule has 0 aliphatic rings. The van der Waals surface area contributed by atoms with E-state index in [4.69, 9.17) is 5.11 Å². The van der Waals surface area contributed by atoms with E-state index in [1.165, 1.54) is 5.56 Å². The summed E-state index contributed by atoms with van der Waals surface area (Å²) in [4.78, 5) is 22.2. The number of aryl methyl sites for hydroxylation is 2. The van der Waals surface area contributed by atoms with E-state index in [9.17, 15) is 9.59 Å². The van der Waals surface area contributed by atoms with Gasteiger partial charge in [-0.2, -0.15) is 0 Å². The maximum absolute atomic E-state index is 11.7. The molecule has 0 heterocycles. The molecule has 4 nitrogen and oxygen atoms in total. The van der Waals surface area contributed by atoms with E-state index >= 15 is 0 Å². The Bertz CT molecular complexity index is 440. The minimum Gasteiger partial charge on any atom is -0.481 e. The van der Waals surface area contributed by atoms with Crippen LogP contribution in [0, 0.1) is 0 Å². The zero-order valence-corrected chi connectivity index (χ0v) is 12.2. The van der Waals surface area contributed by atoms with Crippen LogP contribution in [0.25, 0.3) is 0 Å². The predicted octanol–water partition coefficient (Wildman–Crippen LogP) is 2.55. The SMILES string of the molecule is CCc1ccc(CCC(=O)NC(C)CCC(=O)O)cc1. The van der Waals surface area contributed by atoms with Crippen LogP contribution in [0.1, 0.15) is 44.2 Å². The van der Waals surface area contributed by atoms with Crippen LogP contribution in [0.15, 0.2) is 24.3 Å². The summed E-state index contributed by atoms with van der Waals surface area (Å²) in [6.07, 6.45) is 2.71. The van der Waals surface area contributed by atoms with Crippen molar-refractivity contribution >= 4 is 11.9 Å². The zero-order chi connectivity index (χ0) is 15.0. The van der Waals surface area contributed by atoms with Crippen molar-refractivity contribution in [1.29, 1.82) is 0 Å². The molecule has 0 aliphatic heterocycles. The van der Waals surface area contributed by atoms with E-state index in [0.29, 0.717) is 19.3 Å². The Hall–Kier alpha value is -1.84. The van der Waals surface area contributed by atoms with Crippen molar-refractivity contribution < 1.29 is 14.7 Å². The molecular formula is C16H23NO3. The third-order valence-corrected chi connectivity index (χ3v) is 3.27. The first-order chi connectivity index (χ1) is 9.51. The summed E-state index contributed by atoms with van der Waals surface area (Å²) < 4.78 is 0. The summed E-state index contributed by atoms with van der Waals surface area (Å²) in [5.41, 5.74) is 2.44. The Morgan fingerprint density at radius 3 is 2.30 bits per heavy atom. The second-order valence-corrected chi connectivity index (χ2v) is 5.07. The van der Waals surface area contributed by atoms with Crippen molar-refractivity contribution in [3.8, 4) is 0 Å². The molecule has 0 aromatic heterocycles. The van der Waals surface area contributed by atoms with E-state index in [1.54, 1.807) is 0 Å². The van der Waals surface area contributed by atoms with Crippen molar-refractivity contribution in [1.82, 2.24) is 5.32 Å². The van der Waals surface area contributed by atoms with Crippen LogP contribution in [0.2, 0.25) is 0 Å². The molecule has 1 aromatic rings. The maximum atomic E-state index is 11.7. The van der Waals surface area contributed by atoms with Crippen LogP contribution in [0.3, 0.4) is 0 Å². The van der Waals surface area contributed by atoms with Crippen LogP contribution < -0.4 is 5.32 Å². The molecule has 0 spiro atoms. The summed E-state index contributed by atoms with van der Waals surface area (Å²) in [5, 5.41) is 11.4. The number of hydrogen-bond donors (Lipinski definition) is 2. The minimum absolute atomic E-state index is 0.0255. The van der Waals surface area contributed by atoms with E-state index in [-0.39, 0.29) is 18.4 Å². The highest BCUT2D eigenvalue weighted by Gasteiger charge is 2.09. The predicted molar refractivity (Wildman–Crippen MR) is 78.6 cm³/mol. The van der Waals surface area contributed by atoms with E-state index in [1.807, 2.05) is 6.92 Å². The number of carbonyl (C=O) groups excluding carboxylic acids is 1. The largest absolute Gasteiger partial charge is 0.481 e. The molecule has 1 unspecified atom stereocenters. The van der Waals surface area contributed by atoms with Gasteiger partial charge in [0.05, 0.1) is 0 Å². The number of hydrogen-bond acceptors (Lipinski definition) is 2. The topological polar surface area (TPSA) is 66.4 Å². The van der Waals surface area contributed by atoms with Gasteiger partial charge >= 0.3 is 5.97 Å². The molecule has 0 bridgehead atoms. The van der Waals surface area contributed by atoms with Crippen LogP contribution in [-0.2, 0) is 22.4 Å². The quantitative estimate of drug-likeness (QED) is 0.767. The molecule has 0 radical (unpaired) electrons. The Morgan fingerprint density at radius 1 is 1.15 bits per heavy atom. The van der Waals surface area contributed by atoms with Crippen molar-refractivity contribution in [3.63, 3.8) is 0 Å². The van der Waals surface area contributed by atoms with Crippen LogP contribution in [-0.4, -0.2) is 23.0 Å². The van der Waals surface area contributed by atoms with Gasteiger partial charge < -0.3 is 10.4 Å². The fourth-order valence-corrected chi connectivity index (χ4v) is 1.96. The number of carboxylic acid groups (broad SMARTS) is 1. The molecule has 0 saturated carbocycles. The summed E-state index contributed by atoms with van der Waals surface area (Å²) in [6, 6.07) is 8.19. The number of amides is 1. The molecule has 1 aromatic carbocycles. The number of benzene rings is 1. The molecule has 1 rings (SSSR count). The highest BCUT2D eigenvalue weighted by Crippen LogP contribution is 2.07. The Morgan fingerprint density at radius 2 is 1.75 bits per heavy atom. The van der Waals surface area contributed by atoms with Crippen LogP contribution >= 0.6 is 0 Å². The van der Waals surface area contributed by atoms with Gasteiger partial charge in [0, 0.05) is 18.9 Å². The fraction of sp³-hybridized carbons (Fsp3) is 0.500. The minimum atomic E-state index is -0.831.